The molecule has 2 N–H and O–H groups in total. The molecule has 3 aliphatic rings. The van der Waals surface area contributed by atoms with Gasteiger partial charge >= 0.3 is 0 Å². The highest BCUT2D eigenvalue weighted by molar-refractivity contribution is 5.03. The zero-order chi connectivity index (χ0) is 14.7. The van der Waals surface area contributed by atoms with E-state index in [9.17, 15) is 5.11 Å². The third-order valence-corrected chi connectivity index (χ3v) is 5.95. The molecule has 1 saturated heterocycles. The lowest BCUT2D eigenvalue weighted by atomic mass is 9.84. The Balaban J connectivity index is 1.50. The highest BCUT2D eigenvalue weighted by Gasteiger charge is 2.44. The Morgan fingerprint density at radius 1 is 1.19 bits per heavy atom. The number of hydrogen-bond donors (Lipinski definition) is 2. The van der Waals surface area contributed by atoms with Crippen LogP contribution in [0.5, 0.6) is 0 Å². The van der Waals surface area contributed by atoms with Gasteiger partial charge in [-0.3, -0.25) is 0 Å². The molecule has 0 aromatic rings. The molecule has 2 unspecified atom stereocenters. The summed E-state index contributed by atoms with van der Waals surface area (Å²) in [5.74, 6) is 0.644. The summed E-state index contributed by atoms with van der Waals surface area (Å²) in [5.41, 5.74) is 0.0255. The van der Waals surface area contributed by atoms with Gasteiger partial charge in [-0.25, -0.2) is 0 Å². The van der Waals surface area contributed by atoms with Crippen LogP contribution < -0.4 is 5.32 Å². The van der Waals surface area contributed by atoms with E-state index in [1.165, 1.54) is 44.9 Å². The predicted octanol–water partition coefficient (Wildman–Crippen LogP) is 1.77. The van der Waals surface area contributed by atoms with Gasteiger partial charge in [-0.2, -0.15) is 0 Å². The minimum Gasteiger partial charge on any atom is -0.394 e. The largest absolute Gasteiger partial charge is 0.394 e. The first-order valence-electron chi connectivity index (χ1n) is 8.90. The minimum atomic E-state index is 0.0255. The quantitative estimate of drug-likeness (QED) is 0.751. The van der Waals surface area contributed by atoms with Crippen LogP contribution in [0.15, 0.2) is 0 Å². The number of hydrogen-bond acceptors (Lipinski definition) is 4. The molecule has 4 nitrogen and oxygen atoms in total. The van der Waals surface area contributed by atoms with Crippen molar-refractivity contribution in [2.45, 2.75) is 69.0 Å². The molecule has 0 spiro atoms. The van der Waals surface area contributed by atoms with Gasteiger partial charge in [0.15, 0.2) is 0 Å². The van der Waals surface area contributed by atoms with Crippen molar-refractivity contribution in [2.24, 2.45) is 5.92 Å². The number of aliphatic hydroxyl groups excluding tert-OH is 1. The minimum absolute atomic E-state index is 0.0255. The molecule has 1 heterocycles. The molecule has 1 aliphatic heterocycles. The Bertz CT molecular complexity index is 329. The molecular formula is C17H32N2O2. The van der Waals surface area contributed by atoms with E-state index in [4.69, 9.17) is 4.74 Å². The van der Waals surface area contributed by atoms with E-state index in [1.807, 2.05) is 0 Å². The lowest BCUT2D eigenvalue weighted by Gasteiger charge is -2.37. The summed E-state index contributed by atoms with van der Waals surface area (Å²) in [4.78, 5) is 2.53. The fraction of sp³-hybridized carbons (Fsp3) is 1.00. The summed E-state index contributed by atoms with van der Waals surface area (Å²) < 4.78 is 5.46. The molecule has 2 aliphatic carbocycles. The maximum absolute atomic E-state index is 9.98. The third kappa shape index (κ3) is 3.79. The van der Waals surface area contributed by atoms with E-state index < -0.39 is 0 Å². The van der Waals surface area contributed by atoms with Crippen molar-refractivity contribution < 1.29 is 9.84 Å². The lowest BCUT2D eigenvalue weighted by Crippen LogP contribution is -2.53. The van der Waals surface area contributed by atoms with Crippen LogP contribution in [0.25, 0.3) is 0 Å². The topological polar surface area (TPSA) is 44.7 Å². The van der Waals surface area contributed by atoms with Gasteiger partial charge in [0, 0.05) is 30.8 Å². The molecule has 2 atom stereocenters. The molecule has 0 radical (unpaired) electrons. The van der Waals surface area contributed by atoms with Gasteiger partial charge in [-0.1, -0.05) is 6.42 Å². The Labute approximate surface area is 129 Å². The van der Waals surface area contributed by atoms with E-state index in [2.05, 4.69) is 17.3 Å². The standard InChI is InChI=1S/C17H32N2O2/c1-19(16-7-11-21-12-8-16)10-6-14-3-2-9-17(14,13-20)18-15-4-5-15/h14-16,18,20H,2-13H2,1H3. The first-order chi connectivity index (χ1) is 10.2. The van der Waals surface area contributed by atoms with Crippen LogP contribution in [0.2, 0.25) is 0 Å². The van der Waals surface area contributed by atoms with Crippen LogP contribution in [0, 0.1) is 5.92 Å². The first-order valence-corrected chi connectivity index (χ1v) is 8.90. The van der Waals surface area contributed by atoms with Crippen molar-refractivity contribution in [3.8, 4) is 0 Å². The van der Waals surface area contributed by atoms with Crippen molar-refractivity contribution in [1.29, 1.82) is 0 Å². The summed E-state index contributed by atoms with van der Waals surface area (Å²) in [7, 11) is 2.26. The molecular weight excluding hydrogens is 264 g/mol. The van der Waals surface area contributed by atoms with Gasteiger partial charge < -0.3 is 20.1 Å². The van der Waals surface area contributed by atoms with Crippen LogP contribution >= 0.6 is 0 Å². The second-order valence-electron chi connectivity index (χ2n) is 7.43. The van der Waals surface area contributed by atoms with Crippen LogP contribution in [0.3, 0.4) is 0 Å². The van der Waals surface area contributed by atoms with E-state index in [1.54, 1.807) is 0 Å². The van der Waals surface area contributed by atoms with Gasteiger partial charge in [0.25, 0.3) is 0 Å². The number of nitrogens with zero attached hydrogens (tertiary/aromatic N) is 1. The molecule has 0 aromatic heterocycles. The second-order valence-corrected chi connectivity index (χ2v) is 7.43. The summed E-state index contributed by atoms with van der Waals surface area (Å²) >= 11 is 0. The summed E-state index contributed by atoms with van der Waals surface area (Å²) in [6.45, 7) is 3.31. The van der Waals surface area contributed by atoms with E-state index in [-0.39, 0.29) is 5.54 Å². The van der Waals surface area contributed by atoms with Gasteiger partial charge in [-0.05, 0) is 64.5 Å². The average molecular weight is 296 g/mol. The Hall–Kier alpha value is -0.160. The van der Waals surface area contributed by atoms with Crippen molar-refractivity contribution in [2.75, 3.05) is 33.4 Å². The number of nitrogens with one attached hydrogen (secondary N) is 1. The van der Waals surface area contributed by atoms with Crippen LogP contribution in [-0.4, -0.2) is 61.0 Å². The zero-order valence-corrected chi connectivity index (χ0v) is 13.5. The van der Waals surface area contributed by atoms with E-state index in [0.29, 0.717) is 24.6 Å². The molecule has 0 amide bonds. The van der Waals surface area contributed by atoms with Crippen molar-refractivity contribution in [3.63, 3.8) is 0 Å². The molecule has 0 aromatic carbocycles. The van der Waals surface area contributed by atoms with E-state index >= 15 is 0 Å². The highest BCUT2D eigenvalue weighted by atomic mass is 16.5. The smallest absolute Gasteiger partial charge is 0.0616 e. The normalized spacial score (nSPS) is 34.7. The lowest BCUT2D eigenvalue weighted by molar-refractivity contribution is 0.0382. The van der Waals surface area contributed by atoms with Gasteiger partial charge in [0.05, 0.1) is 6.61 Å². The molecule has 122 valence electrons. The number of aliphatic hydroxyl groups is 1. The number of rotatable bonds is 7. The molecule has 21 heavy (non-hydrogen) atoms. The SMILES string of the molecule is CN(CCC1CCCC1(CO)NC1CC1)C1CCOCC1. The summed E-state index contributed by atoms with van der Waals surface area (Å²) in [6.07, 6.45) is 9.87. The monoisotopic (exact) mass is 296 g/mol. The fourth-order valence-electron chi connectivity index (χ4n) is 4.31. The summed E-state index contributed by atoms with van der Waals surface area (Å²) in [5, 5.41) is 13.8. The Morgan fingerprint density at radius 3 is 2.62 bits per heavy atom. The highest BCUT2D eigenvalue weighted by Crippen LogP contribution is 2.40. The Kier molecular flexibility index (Phi) is 5.20. The molecule has 0 bridgehead atoms. The first kappa shape index (κ1) is 15.7. The van der Waals surface area contributed by atoms with Crippen molar-refractivity contribution >= 4 is 0 Å². The molecule has 3 rings (SSSR count). The van der Waals surface area contributed by atoms with Crippen molar-refractivity contribution in [3.05, 3.63) is 0 Å². The Morgan fingerprint density at radius 2 is 1.95 bits per heavy atom. The van der Waals surface area contributed by atoms with Crippen LogP contribution in [0.1, 0.15) is 51.4 Å². The van der Waals surface area contributed by atoms with Gasteiger partial charge in [-0.15, -0.1) is 0 Å². The predicted molar refractivity (Wildman–Crippen MR) is 84.4 cm³/mol. The number of ether oxygens (including phenoxy) is 1. The van der Waals surface area contributed by atoms with Crippen molar-refractivity contribution in [1.82, 2.24) is 10.2 Å². The van der Waals surface area contributed by atoms with Crippen LogP contribution in [0.4, 0.5) is 0 Å². The fourth-order valence-corrected chi connectivity index (χ4v) is 4.31. The zero-order valence-electron chi connectivity index (χ0n) is 13.5. The van der Waals surface area contributed by atoms with Gasteiger partial charge in [0.2, 0.25) is 0 Å². The maximum atomic E-state index is 9.98. The molecule has 3 fully saturated rings. The molecule has 2 saturated carbocycles. The maximum Gasteiger partial charge on any atom is 0.0616 e. The third-order valence-electron chi connectivity index (χ3n) is 5.95. The van der Waals surface area contributed by atoms with Gasteiger partial charge in [0.1, 0.15) is 0 Å². The van der Waals surface area contributed by atoms with E-state index in [0.717, 1.165) is 26.2 Å². The van der Waals surface area contributed by atoms with Crippen LogP contribution in [-0.2, 0) is 4.74 Å². The second kappa shape index (κ2) is 6.95. The molecule has 4 heteroatoms. The average Bonchev–Trinajstić information content (AvgIpc) is 3.25. The summed E-state index contributed by atoms with van der Waals surface area (Å²) in [6, 6.07) is 1.38.